The largest absolute Gasteiger partial charge is 0.382 e. The van der Waals surface area contributed by atoms with E-state index in [0.717, 1.165) is 20.7 Å². The predicted octanol–water partition coefficient (Wildman–Crippen LogP) is 5.25. The van der Waals surface area contributed by atoms with Gasteiger partial charge in [0.2, 0.25) is 15.9 Å². The molecule has 0 unspecified atom stereocenters. The Morgan fingerprint density at radius 3 is 2.50 bits per heavy atom. The number of rotatable bonds is 13. The minimum Gasteiger partial charge on any atom is -0.382 e. The van der Waals surface area contributed by atoms with Crippen molar-refractivity contribution in [3.8, 4) is 0 Å². The Morgan fingerprint density at radius 2 is 1.76 bits per heavy atom. The van der Waals surface area contributed by atoms with Crippen molar-refractivity contribution < 1.29 is 17.9 Å². The molecule has 2 aromatic heterocycles. The summed E-state index contributed by atoms with van der Waals surface area (Å²) in [7, 11) is -4.01. The molecule has 2 heterocycles. The van der Waals surface area contributed by atoms with Crippen molar-refractivity contribution in [2.24, 2.45) is 0 Å². The van der Waals surface area contributed by atoms with Crippen LogP contribution in [0.4, 0.5) is 0 Å². The van der Waals surface area contributed by atoms with Crippen molar-refractivity contribution in [2.45, 2.75) is 38.3 Å². The van der Waals surface area contributed by atoms with Crippen LogP contribution in [0.25, 0.3) is 10.9 Å². The van der Waals surface area contributed by atoms with E-state index in [9.17, 15) is 13.2 Å². The van der Waals surface area contributed by atoms with Crippen LogP contribution in [0.3, 0.4) is 0 Å². The topological polar surface area (TPSA) is 79.8 Å². The van der Waals surface area contributed by atoms with E-state index >= 15 is 0 Å². The van der Waals surface area contributed by atoms with Crippen LogP contribution in [-0.2, 0) is 32.6 Å². The summed E-state index contributed by atoms with van der Waals surface area (Å²) >= 11 is 1.64. The minimum atomic E-state index is -4.01. The fourth-order valence-electron chi connectivity index (χ4n) is 4.24. The molecule has 1 amide bonds. The quantitative estimate of drug-likeness (QED) is 0.212. The number of carbonyl (C=O) groups excluding carboxylic acids is 1. The number of amides is 1. The highest BCUT2D eigenvalue weighted by molar-refractivity contribution is 7.89. The maximum absolute atomic E-state index is 14.0. The van der Waals surface area contributed by atoms with E-state index in [1.165, 1.54) is 4.31 Å². The molecule has 0 aliphatic rings. The second kappa shape index (κ2) is 13.1. The first-order chi connectivity index (χ1) is 18.4. The standard InChI is InChI=1S/C29H33N3O4S2/c1-3-36-19-9-18-32(38(34,35)27-14-7-12-25-13-8-17-30-29(25)27)22-28(33)31(20-24-10-5-4-6-11-24)21-26-16-15-23(2)37-26/h4-8,10-17H,3,9,18-22H2,1-2H3. The van der Waals surface area contributed by atoms with Gasteiger partial charge in [-0.3, -0.25) is 9.78 Å². The zero-order valence-electron chi connectivity index (χ0n) is 21.7. The summed E-state index contributed by atoms with van der Waals surface area (Å²) in [6.45, 7) is 5.57. The van der Waals surface area contributed by atoms with E-state index in [1.54, 1.807) is 40.6 Å². The van der Waals surface area contributed by atoms with Crippen LogP contribution >= 0.6 is 11.3 Å². The summed E-state index contributed by atoms with van der Waals surface area (Å²) < 4.78 is 34.7. The third-order valence-corrected chi connectivity index (χ3v) is 9.00. The van der Waals surface area contributed by atoms with E-state index in [-0.39, 0.29) is 23.9 Å². The molecular formula is C29H33N3O4S2. The molecule has 9 heteroatoms. The highest BCUT2D eigenvalue weighted by atomic mass is 32.2. The number of hydrogen-bond acceptors (Lipinski definition) is 6. The maximum atomic E-state index is 14.0. The van der Waals surface area contributed by atoms with E-state index in [0.29, 0.717) is 38.2 Å². The van der Waals surface area contributed by atoms with Crippen molar-refractivity contribution in [1.82, 2.24) is 14.2 Å². The van der Waals surface area contributed by atoms with E-state index in [4.69, 9.17) is 4.74 Å². The number of nitrogens with zero attached hydrogens (tertiary/aromatic N) is 3. The molecule has 7 nitrogen and oxygen atoms in total. The fraction of sp³-hybridized carbons (Fsp3) is 0.310. The lowest BCUT2D eigenvalue weighted by atomic mass is 10.2. The zero-order valence-corrected chi connectivity index (χ0v) is 23.4. The number of pyridine rings is 1. The van der Waals surface area contributed by atoms with E-state index in [2.05, 4.69) is 4.98 Å². The Bertz CT molecular complexity index is 1450. The summed E-state index contributed by atoms with van der Waals surface area (Å²) in [4.78, 5) is 22.2. The van der Waals surface area contributed by atoms with Gasteiger partial charge in [0.15, 0.2) is 0 Å². The van der Waals surface area contributed by atoms with Crippen LogP contribution in [0.5, 0.6) is 0 Å². The lowest BCUT2D eigenvalue weighted by Crippen LogP contribution is -2.43. The van der Waals surface area contributed by atoms with Crippen LogP contribution in [-0.4, -0.2) is 54.8 Å². The molecule has 0 bridgehead atoms. The molecule has 0 saturated heterocycles. The Balaban J connectivity index is 1.64. The molecule has 0 fully saturated rings. The molecule has 4 aromatic rings. The van der Waals surface area contributed by atoms with Gasteiger partial charge in [-0.05, 0) is 50.1 Å². The molecule has 200 valence electrons. The van der Waals surface area contributed by atoms with Crippen molar-refractivity contribution in [1.29, 1.82) is 0 Å². The Labute approximate surface area is 228 Å². The number of benzene rings is 2. The lowest BCUT2D eigenvalue weighted by molar-refractivity contribution is -0.132. The maximum Gasteiger partial charge on any atom is 0.245 e. The Kier molecular flexibility index (Phi) is 9.63. The first kappa shape index (κ1) is 27.9. The molecule has 2 aromatic carbocycles. The van der Waals surface area contributed by atoms with Crippen LogP contribution in [0.2, 0.25) is 0 Å². The number of fused-ring (bicyclic) bond motifs is 1. The third-order valence-electron chi connectivity index (χ3n) is 6.14. The van der Waals surface area contributed by atoms with Gasteiger partial charge in [-0.1, -0.05) is 48.5 Å². The molecular weight excluding hydrogens is 518 g/mol. The van der Waals surface area contributed by atoms with Crippen molar-refractivity contribution in [2.75, 3.05) is 26.3 Å². The van der Waals surface area contributed by atoms with Crippen LogP contribution in [0.15, 0.2) is 83.9 Å². The Morgan fingerprint density at radius 1 is 0.974 bits per heavy atom. The summed E-state index contributed by atoms with van der Waals surface area (Å²) in [6.07, 6.45) is 2.05. The normalized spacial score (nSPS) is 11.8. The molecule has 0 aliphatic heterocycles. The highest BCUT2D eigenvalue weighted by Gasteiger charge is 2.30. The van der Waals surface area contributed by atoms with Crippen LogP contribution in [0.1, 0.15) is 28.7 Å². The summed E-state index contributed by atoms with van der Waals surface area (Å²) in [5.74, 6) is -0.256. The molecule has 0 saturated carbocycles. The molecule has 4 rings (SSSR count). The van der Waals surface area contributed by atoms with Gasteiger partial charge < -0.3 is 9.64 Å². The molecule has 0 radical (unpaired) electrons. The van der Waals surface area contributed by atoms with Gasteiger partial charge in [0.25, 0.3) is 0 Å². The number of carbonyl (C=O) groups is 1. The number of hydrogen-bond donors (Lipinski definition) is 0. The third kappa shape index (κ3) is 7.05. The van der Waals surface area contributed by atoms with Gasteiger partial charge in [-0.25, -0.2) is 8.42 Å². The van der Waals surface area contributed by atoms with Crippen LogP contribution in [0, 0.1) is 6.92 Å². The zero-order chi connectivity index (χ0) is 27.0. The molecule has 0 N–H and O–H groups in total. The average Bonchev–Trinajstić information content (AvgIpc) is 3.34. The SMILES string of the molecule is CCOCCCN(CC(=O)N(Cc1ccccc1)Cc1ccc(C)s1)S(=O)(=O)c1cccc2cccnc12. The van der Waals surface area contributed by atoms with Gasteiger partial charge in [0, 0.05) is 47.6 Å². The monoisotopic (exact) mass is 551 g/mol. The number of aromatic nitrogens is 1. The van der Waals surface area contributed by atoms with Crippen molar-refractivity contribution >= 4 is 38.2 Å². The highest BCUT2D eigenvalue weighted by Crippen LogP contribution is 2.25. The fourth-order valence-corrected chi connectivity index (χ4v) is 6.74. The van der Waals surface area contributed by atoms with E-state index in [1.807, 2.05) is 68.4 Å². The molecule has 0 aliphatic carbocycles. The number of aryl methyl sites for hydroxylation is 1. The summed E-state index contributed by atoms with van der Waals surface area (Å²) in [5, 5.41) is 0.730. The first-order valence-corrected chi connectivity index (χ1v) is 14.9. The predicted molar refractivity (Wildman–Crippen MR) is 151 cm³/mol. The number of ether oxygens (including phenoxy) is 1. The summed E-state index contributed by atoms with van der Waals surface area (Å²) in [5.41, 5.74) is 1.38. The van der Waals surface area contributed by atoms with Gasteiger partial charge in [0.05, 0.1) is 18.6 Å². The van der Waals surface area contributed by atoms with Crippen molar-refractivity contribution in [3.63, 3.8) is 0 Å². The molecule has 0 spiro atoms. The average molecular weight is 552 g/mol. The van der Waals surface area contributed by atoms with Gasteiger partial charge >= 0.3 is 0 Å². The summed E-state index contributed by atoms with van der Waals surface area (Å²) in [6, 6.07) is 22.5. The van der Waals surface area contributed by atoms with E-state index < -0.39 is 10.0 Å². The number of para-hydroxylation sites is 1. The molecule has 0 atom stereocenters. The first-order valence-electron chi connectivity index (χ1n) is 12.7. The van der Waals surface area contributed by atoms with Crippen LogP contribution < -0.4 is 0 Å². The number of thiophene rings is 1. The minimum absolute atomic E-state index is 0.100. The van der Waals surface area contributed by atoms with Gasteiger partial charge in [0.1, 0.15) is 4.90 Å². The van der Waals surface area contributed by atoms with Crippen molar-refractivity contribution in [3.05, 3.63) is 94.3 Å². The second-order valence-corrected chi connectivity index (χ2v) is 12.2. The molecule has 38 heavy (non-hydrogen) atoms. The smallest absolute Gasteiger partial charge is 0.245 e. The Hall–Kier alpha value is -3.11. The second-order valence-electron chi connectivity index (χ2n) is 8.97. The lowest BCUT2D eigenvalue weighted by Gasteiger charge is -2.27. The number of sulfonamides is 1. The van der Waals surface area contributed by atoms with Gasteiger partial charge in [-0.15, -0.1) is 11.3 Å². The van der Waals surface area contributed by atoms with Gasteiger partial charge in [-0.2, -0.15) is 4.31 Å².